The SMILES string of the molecule is CCOc1ccc2ccccc2c1C(=O)NCC(c1ccc(F)cc1)N(C)C. The lowest BCUT2D eigenvalue weighted by atomic mass is 10.0. The Morgan fingerprint density at radius 3 is 2.46 bits per heavy atom. The average Bonchev–Trinajstić information content (AvgIpc) is 2.69. The fraction of sp³-hybridized carbons (Fsp3) is 0.261. The molecule has 0 aliphatic heterocycles. The van der Waals surface area contributed by atoms with Gasteiger partial charge in [-0.15, -0.1) is 0 Å². The molecule has 0 aromatic heterocycles. The van der Waals surface area contributed by atoms with Crippen LogP contribution in [0.15, 0.2) is 60.7 Å². The summed E-state index contributed by atoms with van der Waals surface area (Å²) in [6.45, 7) is 2.77. The molecule has 0 aliphatic rings. The average molecular weight is 380 g/mol. The maximum Gasteiger partial charge on any atom is 0.255 e. The Morgan fingerprint density at radius 2 is 1.79 bits per heavy atom. The van der Waals surface area contributed by atoms with Crippen LogP contribution in [0, 0.1) is 5.82 Å². The third-order valence-corrected chi connectivity index (χ3v) is 4.75. The number of carbonyl (C=O) groups is 1. The number of rotatable bonds is 7. The van der Waals surface area contributed by atoms with Gasteiger partial charge >= 0.3 is 0 Å². The van der Waals surface area contributed by atoms with E-state index in [0.29, 0.717) is 24.5 Å². The number of nitrogens with one attached hydrogen (secondary N) is 1. The zero-order valence-electron chi connectivity index (χ0n) is 16.4. The van der Waals surface area contributed by atoms with Crippen molar-refractivity contribution < 1.29 is 13.9 Å². The van der Waals surface area contributed by atoms with Gasteiger partial charge in [-0.1, -0.05) is 42.5 Å². The molecule has 3 aromatic rings. The Labute approximate surface area is 164 Å². The highest BCUT2D eigenvalue weighted by atomic mass is 19.1. The summed E-state index contributed by atoms with van der Waals surface area (Å²) in [6, 6.07) is 17.8. The quantitative estimate of drug-likeness (QED) is 0.660. The molecule has 4 nitrogen and oxygen atoms in total. The number of carbonyl (C=O) groups excluding carboxylic acids is 1. The monoisotopic (exact) mass is 380 g/mol. The first-order valence-corrected chi connectivity index (χ1v) is 9.36. The summed E-state index contributed by atoms with van der Waals surface area (Å²) in [5.74, 6) is 0.110. The molecule has 1 N–H and O–H groups in total. The van der Waals surface area contributed by atoms with Gasteiger partial charge in [-0.2, -0.15) is 0 Å². The number of halogens is 1. The summed E-state index contributed by atoms with van der Waals surface area (Å²) in [4.78, 5) is 15.1. The number of benzene rings is 3. The lowest BCUT2D eigenvalue weighted by Crippen LogP contribution is -2.34. The fourth-order valence-electron chi connectivity index (χ4n) is 3.32. The van der Waals surface area contributed by atoms with Crippen LogP contribution in [0.1, 0.15) is 28.9 Å². The minimum atomic E-state index is -0.276. The molecular weight excluding hydrogens is 355 g/mol. The normalized spacial score (nSPS) is 12.2. The molecule has 0 saturated heterocycles. The first-order chi connectivity index (χ1) is 13.5. The van der Waals surface area contributed by atoms with Gasteiger partial charge < -0.3 is 15.0 Å². The molecule has 0 bridgehead atoms. The van der Waals surface area contributed by atoms with Gasteiger partial charge in [0.15, 0.2) is 0 Å². The van der Waals surface area contributed by atoms with E-state index >= 15 is 0 Å². The van der Waals surface area contributed by atoms with Crippen molar-refractivity contribution in [3.63, 3.8) is 0 Å². The van der Waals surface area contributed by atoms with Crippen LogP contribution in [0.25, 0.3) is 10.8 Å². The molecule has 1 amide bonds. The number of hydrogen-bond acceptors (Lipinski definition) is 3. The van der Waals surface area contributed by atoms with E-state index in [4.69, 9.17) is 4.74 Å². The van der Waals surface area contributed by atoms with Gasteiger partial charge in [0.05, 0.1) is 18.2 Å². The summed E-state index contributed by atoms with van der Waals surface area (Å²) in [5.41, 5.74) is 1.48. The van der Waals surface area contributed by atoms with Crippen LogP contribution in [-0.2, 0) is 0 Å². The topological polar surface area (TPSA) is 41.6 Å². The van der Waals surface area contributed by atoms with Crippen molar-refractivity contribution in [2.24, 2.45) is 0 Å². The van der Waals surface area contributed by atoms with Crippen molar-refractivity contribution in [1.82, 2.24) is 10.2 Å². The van der Waals surface area contributed by atoms with E-state index in [9.17, 15) is 9.18 Å². The third kappa shape index (κ3) is 4.31. The van der Waals surface area contributed by atoms with Crippen LogP contribution in [0.4, 0.5) is 4.39 Å². The van der Waals surface area contributed by atoms with Crippen molar-refractivity contribution in [2.45, 2.75) is 13.0 Å². The number of fused-ring (bicyclic) bond motifs is 1. The number of likely N-dealkylation sites (N-methyl/N-ethyl adjacent to an activating group) is 1. The van der Waals surface area contributed by atoms with Crippen molar-refractivity contribution in [2.75, 3.05) is 27.2 Å². The Hall–Kier alpha value is -2.92. The largest absolute Gasteiger partial charge is 0.493 e. The van der Waals surface area contributed by atoms with Gasteiger partial charge in [0.1, 0.15) is 11.6 Å². The van der Waals surface area contributed by atoms with Gasteiger partial charge in [0, 0.05) is 6.54 Å². The Kier molecular flexibility index (Phi) is 6.26. The third-order valence-electron chi connectivity index (χ3n) is 4.75. The highest BCUT2D eigenvalue weighted by Crippen LogP contribution is 2.28. The molecule has 5 heteroatoms. The minimum absolute atomic E-state index is 0.0740. The molecule has 28 heavy (non-hydrogen) atoms. The highest BCUT2D eigenvalue weighted by molar-refractivity contribution is 6.09. The van der Waals surface area contributed by atoms with Crippen LogP contribution in [0.2, 0.25) is 0 Å². The van der Waals surface area contributed by atoms with Crippen LogP contribution in [0.5, 0.6) is 5.75 Å². The second-order valence-corrected chi connectivity index (χ2v) is 6.83. The van der Waals surface area contributed by atoms with Crippen molar-refractivity contribution in [3.05, 3.63) is 77.6 Å². The summed E-state index contributed by atoms with van der Waals surface area (Å²) in [6.07, 6.45) is 0. The standard InChI is InChI=1S/C23H25FN2O2/c1-4-28-21-14-11-16-7-5-6-8-19(16)22(21)23(27)25-15-20(26(2)3)17-9-12-18(24)13-10-17/h5-14,20H,4,15H2,1-3H3,(H,25,27). The van der Waals surface area contributed by atoms with Gasteiger partial charge in [0.2, 0.25) is 0 Å². The molecule has 0 spiro atoms. The first-order valence-electron chi connectivity index (χ1n) is 9.36. The summed E-state index contributed by atoms with van der Waals surface area (Å²) < 4.78 is 19.0. The number of nitrogens with zero attached hydrogens (tertiary/aromatic N) is 1. The smallest absolute Gasteiger partial charge is 0.255 e. The predicted molar refractivity (Wildman–Crippen MR) is 110 cm³/mol. The molecule has 3 rings (SSSR count). The Bertz CT molecular complexity index is 954. The highest BCUT2D eigenvalue weighted by Gasteiger charge is 2.20. The van der Waals surface area contributed by atoms with Crippen molar-refractivity contribution in [1.29, 1.82) is 0 Å². The van der Waals surface area contributed by atoms with E-state index in [-0.39, 0.29) is 17.8 Å². The molecule has 0 saturated carbocycles. The van der Waals surface area contributed by atoms with Gasteiger partial charge in [-0.05, 0) is 55.6 Å². The van der Waals surface area contributed by atoms with Crippen LogP contribution in [0.3, 0.4) is 0 Å². The second kappa shape index (κ2) is 8.85. The van der Waals surface area contributed by atoms with Gasteiger partial charge in [-0.3, -0.25) is 4.79 Å². The molecule has 0 aliphatic carbocycles. The zero-order valence-corrected chi connectivity index (χ0v) is 16.4. The maximum absolute atomic E-state index is 13.3. The summed E-state index contributed by atoms with van der Waals surface area (Å²) >= 11 is 0. The van der Waals surface area contributed by atoms with Gasteiger partial charge in [-0.25, -0.2) is 4.39 Å². The first kappa shape index (κ1) is 19.8. The molecule has 0 heterocycles. The lowest BCUT2D eigenvalue weighted by molar-refractivity contribution is 0.0940. The van der Waals surface area contributed by atoms with E-state index in [1.54, 1.807) is 12.1 Å². The number of hydrogen-bond donors (Lipinski definition) is 1. The molecule has 146 valence electrons. The fourth-order valence-corrected chi connectivity index (χ4v) is 3.32. The molecular formula is C23H25FN2O2. The minimum Gasteiger partial charge on any atom is -0.493 e. The van der Waals surface area contributed by atoms with E-state index in [2.05, 4.69) is 5.32 Å². The van der Waals surface area contributed by atoms with E-state index in [1.165, 1.54) is 12.1 Å². The summed E-state index contributed by atoms with van der Waals surface area (Å²) in [7, 11) is 3.87. The Balaban J connectivity index is 1.87. The molecule has 1 unspecified atom stereocenters. The van der Waals surface area contributed by atoms with Crippen molar-refractivity contribution >= 4 is 16.7 Å². The van der Waals surface area contributed by atoms with Crippen LogP contribution < -0.4 is 10.1 Å². The van der Waals surface area contributed by atoms with E-state index in [1.807, 2.05) is 62.3 Å². The molecule has 0 radical (unpaired) electrons. The zero-order chi connectivity index (χ0) is 20.1. The van der Waals surface area contributed by atoms with Crippen LogP contribution >= 0.6 is 0 Å². The van der Waals surface area contributed by atoms with Gasteiger partial charge in [0.25, 0.3) is 5.91 Å². The summed E-state index contributed by atoms with van der Waals surface area (Å²) in [5, 5.41) is 4.87. The Morgan fingerprint density at radius 1 is 1.07 bits per heavy atom. The maximum atomic E-state index is 13.3. The second-order valence-electron chi connectivity index (χ2n) is 6.83. The lowest BCUT2D eigenvalue weighted by Gasteiger charge is -2.25. The number of ether oxygens (including phenoxy) is 1. The molecule has 3 aromatic carbocycles. The predicted octanol–water partition coefficient (Wildman–Crippen LogP) is 4.41. The van der Waals surface area contributed by atoms with Crippen molar-refractivity contribution in [3.8, 4) is 5.75 Å². The molecule has 1 atom stereocenters. The number of amides is 1. The molecule has 0 fully saturated rings. The van der Waals surface area contributed by atoms with E-state index < -0.39 is 0 Å². The van der Waals surface area contributed by atoms with E-state index in [0.717, 1.165) is 16.3 Å². The van der Waals surface area contributed by atoms with Crippen LogP contribution in [-0.4, -0.2) is 38.1 Å².